The summed E-state index contributed by atoms with van der Waals surface area (Å²) in [6.45, 7) is 7.59. The largest absolute Gasteiger partial charge is 0.310 e. The molecule has 0 aliphatic rings. The monoisotopic (exact) mass is 267 g/mol. The zero-order valence-corrected chi connectivity index (χ0v) is 13.3. The van der Waals surface area contributed by atoms with Crippen molar-refractivity contribution in [2.75, 3.05) is 21.1 Å². The van der Waals surface area contributed by atoms with Gasteiger partial charge in [-0.05, 0) is 40.4 Å². The first-order chi connectivity index (χ1) is 9.07. The maximum atomic E-state index is 4.22. The molecule has 0 amide bonds. The first-order valence-electron chi connectivity index (χ1n) is 7.30. The highest BCUT2D eigenvalue weighted by Crippen LogP contribution is 2.35. The van der Waals surface area contributed by atoms with Gasteiger partial charge in [-0.15, -0.1) is 5.10 Å². The van der Waals surface area contributed by atoms with Crippen LogP contribution in [0.5, 0.6) is 0 Å². The van der Waals surface area contributed by atoms with E-state index in [2.05, 4.69) is 55.4 Å². The molecule has 1 unspecified atom stereocenters. The number of hydrogen-bond donors (Lipinski definition) is 1. The number of aromatic nitrogens is 3. The lowest BCUT2D eigenvalue weighted by atomic mass is 9.81. The predicted octanol–water partition coefficient (Wildman–Crippen LogP) is 2.07. The van der Waals surface area contributed by atoms with Gasteiger partial charge in [-0.25, -0.2) is 4.68 Å². The van der Waals surface area contributed by atoms with Crippen molar-refractivity contribution in [3.63, 3.8) is 0 Å². The highest BCUT2D eigenvalue weighted by molar-refractivity contribution is 5.12. The molecule has 0 radical (unpaired) electrons. The lowest BCUT2D eigenvalue weighted by Gasteiger charge is -2.45. The minimum Gasteiger partial charge on any atom is -0.310 e. The molecule has 0 spiro atoms. The molecule has 1 atom stereocenters. The second kappa shape index (κ2) is 7.01. The van der Waals surface area contributed by atoms with E-state index in [0.29, 0.717) is 0 Å². The quantitative estimate of drug-likeness (QED) is 0.783. The molecule has 0 fully saturated rings. The maximum absolute atomic E-state index is 4.22. The summed E-state index contributed by atoms with van der Waals surface area (Å²) < 4.78 is 2.03. The van der Waals surface area contributed by atoms with Crippen molar-refractivity contribution < 1.29 is 0 Å². The fourth-order valence-electron chi connectivity index (χ4n) is 3.12. The Morgan fingerprint density at radius 2 is 1.95 bits per heavy atom. The molecule has 1 N–H and O–H groups in total. The van der Waals surface area contributed by atoms with Crippen LogP contribution in [0.15, 0.2) is 6.20 Å². The minimum absolute atomic E-state index is 0.0853. The number of aryl methyl sites for hydroxylation is 1. The molecule has 0 saturated heterocycles. The molecule has 1 rings (SSSR count). The number of rotatable bonds is 8. The first kappa shape index (κ1) is 16.1. The highest BCUT2D eigenvalue weighted by atomic mass is 15.4. The lowest BCUT2D eigenvalue weighted by molar-refractivity contribution is 0.0876. The Kier molecular flexibility index (Phi) is 5.94. The van der Waals surface area contributed by atoms with Crippen LogP contribution in [0.25, 0.3) is 0 Å². The second-order valence-corrected chi connectivity index (χ2v) is 5.31. The molecule has 0 aliphatic carbocycles. The van der Waals surface area contributed by atoms with Crippen LogP contribution in [0.3, 0.4) is 0 Å². The predicted molar refractivity (Wildman–Crippen MR) is 79.1 cm³/mol. The van der Waals surface area contributed by atoms with Crippen molar-refractivity contribution in [3.8, 4) is 0 Å². The maximum Gasteiger partial charge on any atom is 0.0775 e. The van der Waals surface area contributed by atoms with Crippen molar-refractivity contribution in [3.05, 3.63) is 11.9 Å². The number of nitrogens with zero attached hydrogens (tertiary/aromatic N) is 4. The summed E-state index contributed by atoms with van der Waals surface area (Å²) in [6, 6.07) is 0.235. The Labute approximate surface area is 117 Å². The third-order valence-corrected chi connectivity index (χ3v) is 4.32. The molecule has 1 heterocycles. The normalized spacial score (nSPS) is 14.1. The van der Waals surface area contributed by atoms with Crippen LogP contribution >= 0.6 is 0 Å². The average molecular weight is 267 g/mol. The molecule has 0 aliphatic heterocycles. The molecular weight excluding hydrogens is 238 g/mol. The zero-order chi connectivity index (χ0) is 14.5. The molecule has 0 saturated carbocycles. The van der Waals surface area contributed by atoms with E-state index in [9.17, 15) is 0 Å². The molecule has 1 aromatic rings. The van der Waals surface area contributed by atoms with Gasteiger partial charge in [0.1, 0.15) is 0 Å². The highest BCUT2D eigenvalue weighted by Gasteiger charge is 2.39. The smallest absolute Gasteiger partial charge is 0.0775 e. The van der Waals surface area contributed by atoms with E-state index in [0.717, 1.165) is 25.8 Å². The Bertz CT molecular complexity index is 368. The number of hydrogen-bond acceptors (Lipinski definition) is 4. The SMILES string of the molecule is CCCn1nncc1C(NC)C(CC)(CC)N(C)C. The van der Waals surface area contributed by atoms with Gasteiger partial charge in [-0.3, -0.25) is 0 Å². The fraction of sp³-hybridized carbons (Fsp3) is 0.857. The van der Waals surface area contributed by atoms with E-state index in [1.165, 1.54) is 5.69 Å². The van der Waals surface area contributed by atoms with Gasteiger partial charge in [-0.1, -0.05) is 26.0 Å². The third-order valence-electron chi connectivity index (χ3n) is 4.32. The van der Waals surface area contributed by atoms with Crippen LogP contribution in [0, 0.1) is 0 Å². The summed E-state index contributed by atoms with van der Waals surface area (Å²) in [6.07, 6.45) is 5.14. The van der Waals surface area contributed by atoms with E-state index >= 15 is 0 Å². The van der Waals surface area contributed by atoms with Crippen LogP contribution < -0.4 is 5.32 Å². The number of likely N-dealkylation sites (N-methyl/N-ethyl adjacent to an activating group) is 2. The van der Waals surface area contributed by atoms with Gasteiger partial charge in [0.15, 0.2) is 0 Å². The second-order valence-electron chi connectivity index (χ2n) is 5.31. The van der Waals surface area contributed by atoms with Gasteiger partial charge < -0.3 is 10.2 Å². The standard InChI is InChI=1S/C14H29N5/c1-7-10-19-12(11-16-17-19)13(15-4)14(8-2,9-3)18(5)6/h11,13,15H,7-10H2,1-6H3. The molecule has 0 bridgehead atoms. The molecule has 5 heteroatoms. The fourth-order valence-corrected chi connectivity index (χ4v) is 3.12. The summed E-state index contributed by atoms with van der Waals surface area (Å²) in [4.78, 5) is 2.33. The van der Waals surface area contributed by atoms with Crippen molar-refractivity contribution in [2.45, 2.75) is 58.2 Å². The van der Waals surface area contributed by atoms with E-state index in [4.69, 9.17) is 0 Å². The van der Waals surface area contributed by atoms with Gasteiger partial charge in [0.25, 0.3) is 0 Å². The van der Waals surface area contributed by atoms with Gasteiger partial charge in [0.2, 0.25) is 0 Å². The minimum atomic E-state index is 0.0853. The van der Waals surface area contributed by atoms with Crippen molar-refractivity contribution in [1.29, 1.82) is 0 Å². The number of nitrogens with one attached hydrogen (secondary N) is 1. The topological polar surface area (TPSA) is 46.0 Å². The van der Waals surface area contributed by atoms with Crippen LogP contribution in [0.1, 0.15) is 51.8 Å². The van der Waals surface area contributed by atoms with Crippen LogP contribution in [0.4, 0.5) is 0 Å². The van der Waals surface area contributed by atoms with Crippen molar-refractivity contribution in [2.24, 2.45) is 0 Å². The van der Waals surface area contributed by atoms with E-state index in [-0.39, 0.29) is 11.6 Å². The summed E-state index contributed by atoms with van der Waals surface area (Å²) in [5, 5.41) is 11.8. The molecule has 19 heavy (non-hydrogen) atoms. The van der Waals surface area contributed by atoms with Gasteiger partial charge in [0.05, 0.1) is 17.9 Å². The Morgan fingerprint density at radius 1 is 1.32 bits per heavy atom. The van der Waals surface area contributed by atoms with Gasteiger partial charge in [0, 0.05) is 12.1 Å². The van der Waals surface area contributed by atoms with Gasteiger partial charge in [-0.2, -0.15) is 0 Å². The average Bonchev–Trinajstić information content (AvgIpc) is 2.84. The molecule has 0 aromatic carbocycles. The summed E-state index contributed by atoms with van der Waals surface area (Å²) in [7, 11) is 6.34. The van der Waals surface area contributed by atoms with E-state index in [1.54, 1.807) is 0 Å². The molecule has 1 aromatic heterocycles. The third kappa shape index (κ3) is 2.98. The summed E-state index contributed by atoms with van der Waals surface area (Å²) in [5.41, 5.74) is 1.27. The Morgan fingerprint density at radius 3 is 2.37 bits per heavy atom. The lowest BCUT2D eigenvalue weighted by Crippen LogP contribution is -2.53. The molecule has 5 nitrogen and oxygen atoms in total. The summed E-state index contributed by atoms with van der Waals surface area (Å²) >= 11 is 0. The van der Waals surface area contributed by atoms with E-state index < -0.39 is 0 Å². The molecule has 110 valence electrons. The summed E-state index contributed by atoms with van der Waals surface area (Å²) in [5.74, 6) is 0. The van der Waals surface area contributed by atoms with Crippen LogP contribution in [-0.4, -0.2) is 46.6 Å². The Hall–Kier alpha value is -0.940. The zero-order valence-electron chi connectivity index (χ0n) is 13.3. The first-order valence-corrected chi connectivity index (χ1v) is 7.30. The van der Waals surface area contributed by atoms with Crippen molar-refractivity contribution in [1.82, 2.24) is 25.2 Å². The van der Waals surface area contributed by atoms with Crippen molar-refractivity contribution >= 4 is 0 Å². The van der Waals surface area contributed by atoms with Gasteiger partial charge >= 0.3 is 0 Å². The molecular formula is C14H29N5. The van der Waals surface area contributed by atoms with Crippen LogP contribution in [0.2, 0.25) is 0 Å². The van der Waals surface area contributed by atoms with Crippen LogP contribution in [-0.2, 0) is 6.54 Å². The Balaban J connectivity index is 3.20. The van der Waals surface area contributed by atoms with E-state index in [1.807, 2.05) is 17.9 Å².